The summed E-state index contributed by atoms with van der Waals surface area (Å²) in [5.74, 6) is 0.566. The van der Waals surface area contributed by atoms with Gasteiger partial charge in [0.25, 0.3) is 5.56 Å². The summed E-state index contributed by atoms with van der Waals surface area (Å²) in [5.41, 5.74) is -0.435. The van der Waals surface area contributed by atoms with E-state index in [4.69, 9.17) is 0 Å². The minimum absolute atomic E-state index is 0.0833. The molecule has 7 nitrogen and oxygen atoms in total. The molecule has 1 saturated heterocycles. The summed E-state index contributed by atoms with van der Waals surface area (Å²) in [5, 5.41) is 12.8. The van der Waals surface area contributed by atoms with E-state index in [1.165, 1.54) is 11.3 Å². The van der Waals surface area contributed by atoms with Crippen molar-refractivity contribution in [3.8, 4) is 0 Å². The molecular weight excluding hydrogens is 374 g/mol. The molecule has 9 heteroatoms. The predicted molar refractivity (Wildman–Crippen MR) is 103 cm³/mol. The van der Waals surface area contributed by atoms with Crippen LogP contribution in [0.5, 0.6) is 0 Å². The summed E-state index contributed by atoms with van der Waals surface area (Å²) in [6.45, 7) is 3.84. The number of aliphatic carboxylic acids is 1. The molecule has 3 heterocycles. The minimum atomic E-state index is -1.17. The summed E-state index contributed by atoms with van der Waals surface area (Å²) in [7, 11) is 0. The lowest BCUT2D eigenvalue weighted by Crippen LogP contribution is -2.56. The second kappa shape index (κ2) is 7.40. The molecule has 0 radical (unpaired) electrons. The van der Waals surface area contributed by atoms with Crippen LogP contribution in [-0.2, 0) is 16.0 Å². The van der Waals surface area contributed by atoms with Crippen molar-refractivity contribution in [2.45, 2.75) is 45.1 Å². The third kappa shape index (κ3) is 3.64. The van der Waals surface area contributed by atoms with Gasteiger partial charge in [-0.1, -0.05) is 0 Å². The Morgan fingerprint density at radius 1 is 1.31 bits per heavy atom. The van der Waals surface area contributed by atoms with Crippen LogP contribution in [0.1, 0.15) is 35.5 Å². The first-order valence-corrected chi connectivity index (χ1v) is 10.4. The van der Waals surface area contributed by atoms with Crippen LogP contribution in [0.15, 0.2) is 4.79 Å². The van der Waals surface area contributed by atoms with Crippen molar-refractivity contribution in [3.05, 3.63) is 26.6 Å². The van der Waals surface area contributed by atoms with E-state index in [1.54, 1.807) is 11.8 Å². The number of fused-ring (bicyclic) bond motifs is 1. The summed E-state index contributed by atoms with van der Waals surface area (Å²) < 4.78 is 0. The maximum atomic E-state index is 12.3. The fourth-order valence-corrected chi connectivity index (χ4v) is 5.33. The number of nitrogens with one attached hydrogen (secondary N) is 2. The molecule has 1 amide bonds. The first-order chi connectivity index (χ1) is 12.3. The van der Waals surface area contributed by atoms with Crippen LogP contribution in [0.4, 0.5) is 0 Å². The smallest absolute Gasteiger partial charge is 0.329 e. The lowest BCUT2D eigenvalue weighted by molar-refractivity contribution is -0.148. The summed E-state index contributed by atoms with van der Waals surface area (Å²) in [6, 6.07) is 0. The van der Waals surface area contributed by atoms with Crippen molar-refractivity contribution in [3.63, 3.8) is 0 Å². The number of hydrogen-bond donors (Lipinski definition) is 3. The third-order valence-electron chi connectivity index (χ3n) is 4.81. The summed E-state index contributed by atoms with van der Waals surface area (Å²) in [4.78, 5) is 45.1. The van der Waals surface area contributed by atoms with E-state index in [0.717, 1.165) is 21.9 Å². The Morgan fingerprint density at radius 2 is 2.00 bits per heavy atom. The summed E-state index contributed by atoms with van der Waals surface area (Å²) >= 11 is 3.16. The number of aromatic amines is 1. The summed E-state index contributed by atoms with van der Waals surface area (Å²) in [6.07, 6.45) is 1.19. The van der Waals surface area contributed by atoms with Gasteiger partial charge < -0.3 is 15.4 Å². The Kier molecular flexibility index (Phi) is 5.38. The van der Waals surface area contributed by atoms with Gasteiger partial charge in [-0.15, -0.1) is 11.3 Å². The highest BCUT2D eigenvalue weighted by Crippen LogP contribution is 2.28. The molecule has 0 bridgehead atoms. The van der Waals surface area contributed by atoms with Gasteiger partial charge in [0.1, 0.15) is 16.2 Å². The second-order valence-corrected chi connectivity index (χ2v) is 8.95. The van der Waals surface area contributed by atoms with E-state index in [0.29, 0.717) is 28.9 Å². The molecule has 2 aromatic heterocycles. The van der Waals surface area contributed by atoms with Crippen molar-refractivity contribution >= 4 is 45.2 Å². The maximum Gasteiger partial charge on any atom is 0.329 e. The van der Waals surface area contributed by atoms with Crippen LogP contribution >= 0.6 is 23.1 Å². The number of carbonyl (C=O) groups is 2. The number of aromatic nitrogens is 2. The third-order valence-corrected chi connectivity index (χ3v) is 6.90. The van der Waals surface area contributed by atoms with Gasteiger partial charge in [-0.05, 0) is 43.8 Å². The zero-order chi connectivity index (χ0) is 18.9. The van der Waals surface area contributed by atoms with Crippen LogP contribution < -0.4 is 10.9 Å². The fraction of sp³-hybridized carbons (Fsp3) is 0.529. The monoisotopic (exact) mass is 395 g/mol. The zero-order valence-electron chi connectivity index (χ0n) is 14.7. The van der Waals surface area contributed by atoms with Crippen LogP contribution in [0.25, 0.3) is 10.2 Å². The lowest BCUT2D eigenvalue weighted by atomic mass is 9.92. The number of rotatable bonds is 5. The molecule has 0 aromatic carbocycles. The molecule has 1 fully saturated rings. The first kappa shape index (κ1) is 18.9. The van der Waals surface area contributed by atoms with Crippen LogP contribution in [0.2, 0.25) is 0 Å². The number of nitrogens with zero attached hydrogens (tertiary/aromatic N) is 1. The van der Waals surface area contributed by atoms with E-state index in [9.17, 15) is 19.5 Å². The van der Waals surface area contributed by atoms with E-state index >= 15 is 0 Å². The molecule has 26 heavy (non-hydrogen) atoms. The second-order valence-electron chi connectivity index (χ2n) is 6.52. The topological polar surface area (TPSA) is 112 Å². The number of carbonyl (C=O) groups excluding carboxylic acids is 1. The number of H-pyrrole nitrogens is 1. The number of thioether (sulfide) groups is 1. The molecule has 0 aliphatic carbocycles. The minimum Gasteiger partial charge on any atom is -0.480 e. The van der Waals surface area contributed by atoms with Gasteiger partial charge in [0.15, 0.2) is 0 Å². The molecule has 0 atom stereocenters. The van der Waals surface area contributed by atoms with Crippen LogP contribution in [0, 0.1) is 13.8 Å². The van der Waals surface area contributed by atoms with Gasteiger partial charge in [-0.3, -0.25) is 9.59 Å². The van der Waals surface area contributed by atoms with Gasteiger partial charge in [-0.25, -0.2) is 9.78 Å². The Labute approximate surface area is 158 Å². The maximum absolute atomic E-state index is 12.3. The van der Waals surface area contributed by atoms with E-state index in [2.05, 4.69) is 15.3 Å². The number of amides is 1. The van der Waals surface area contributed by atoms with Gasteiger partial charge in [0.2, 0.25) is 5.91 Å². The number of carboxylic acids is 1. The van der Waals surface area contributed by atoms with Crippen LogP contribution in [-0.4, -0.2) is 44.0 Å². The SMILES string of the molecule is Cc1sc2nc(CCC(=O)NC3(C(=O)O)CCSCC3)[nH]c(=O)c2c1C. The van der Waals surface area contributed by atoms with Gasteiger partial charge in [0.05, 0.1) is 5.39 Å². The average Bonchev–Trinajstić information content (AvgIpc) is 2.88. The molecule has 2 aromatic rings. The van der Waals surface area contributed by atoms with Crippen molar-refractivity contribution in [1.82, 2.24) is 15.3 Å². The highest BCUT2D eigenvalue weighted by molar-refractivity contribution is 7.99. The molecule has 140 valence electrons. The van der Waals surface area contributed by atoms with E-state index in [-0.39, 0.29) is 24.3 Å². The largest absolute Gasteiger partial charge is 0.480 e. The molecule has 0 unspecified atom stereocenters. The van der Waals surface area contributed by atoms with Crippen molar-refractivity contribution in [1.29, 1.82) is 0 Å². The molecule has 1 aliphatic heterocycles. The Morgan fingerprint density at radius 3 is 2.65 bits per heavy atom. The number of carboxylic acid groups (broad SMARTS) is 1. The highest BCUT2D eigenvalue weighted by Gasteiger charge is 2.41. The normalized spacial score (nSPS) is 16.5. The average molecular weight is 396 g/mol. The number of hydrogen-bond acceptors (Lipinski definition) is 6. The Balaban J connectivity index is 1.70. The van der Waals surface area contributed by atoms with Gasteiger partial charge in [-0.2, -0.15) is 11.8 Å². The van der Waals surface area contributed by atoms with Gasteiger partial charge >= 0.3 is 5.97 Å². The Bertz CT molecular complexity index is 913. The molecule has 0 spiro atoms. The van der Waals surface area contributed by atoms with Gasteiger partial charge in [0, 0.05) is 17.7 Å². The Hall–Kier alpha value is -1.87. The van der Waals surface area contributed by atoms with Crippen molar-refractivity contribution in [2.24, 2.45) is 0 Å². The molecule has 0 saturated carbocycles. The lowest BCUT2D eigenvalue weighted by Gasteiger charge is -2.33. The van der Waals surface area contributed by atoms with Crippen LogP contribution in [0.3, 0.4) is 0 Å². The first-order valence-electron chi connectivity index (χ1n) is 8.43. The molecular formula is C17H21N3O4S2. The number of aryl methyl sites for hydroxylation is 3. The highest BCUT2D eigenvalue weighted by atomic mass is 32.2. The van der Waals surface area contributed by atoms with Crippen molar-refractivity contribution in [2.75, 3.05) is 11.5 Å². The zero-order valence-corrected chi connectivity index (χ0v) is 16.3. The molecule has 3 rings (SSSR count). The molecule has 1 aliphatic rings. The number of thiophene rings is 1. The van der Waals surface area contributed by atoms with Crippen molar-refractivity contribution < 1.29 is 14.7 Å². The quantitative estimate of drug-likeness (QED) is 0.714. The standard InChI is InChI=1S/C17H21N3O4S2/c1-9-10(2)26-15-13(9)14(22)18-11(19-15)3-4-12(21)20-17(16(23)24)5-7-25-8-6-17/h3-8H2,1-2H3,(H,20,21)(H,23,24)(H,18,19,22). The van der Waals surface area contributed by atoms with E-state index in [1.807, 2.05) is 13.8 Å². The fourth-order valence-electron chi connectivity index (χ4n) is 3.09. The predicted octanol–water partition coefficient (Wildman–Crippen LogP) is 2.00. The molecule has 3 N–H and O–H groups in total. The van der Waals surface area contributed by atoms with E-state index < -0.39 is 11.5 Å².